The highest BCUT2D eigenvalue weighted by Crippen LogP contribution is 2.23. The maximum Gasteiger partial charge on any atom is 0.243 e. The first-order valence-electron chi connectivity index (χ1n) is 5.25. The average Bonchev–Trinajstić information content (AvgIpc) is 2.26. The number of nitrogens with two attached hydrogens (primary N) is 1. The van der Waals surface area contributed by atoms with Gasteiger partial charge < -0.3 is 5.73 Å². The van der Waals surface area contributed by atoms with Gasteiger partial charge >= 0.3 is 0 Å². The SMILES string of the molecule is Cc1cc(Br)ccc1S(=O)(=O)N(C)C(C)CN. The molecule has 2 N–H and O–H groups in total. The van der Waals surface area contributed by atoms with Crippen molar-refractivity contribution in [1.29, 1.82) is 0 Å². The van der Waals surface area contributed by atoms with Crippen molar-refractivity contribution in [3.63, 3.8) is 0 Å². The summed E-state index contributed by atoms with van der Waals surface area (Å²) in [7, 11) is -1.92. The second kappa shape index (κ2) is 5.48. The Morgan fingerprint density at radius 2 is 2.06 bits per heavy atom. The molecule has 1 aromatic rings. The van der Waals surface area contributed by atoms with Gasteiger partial charge in [0.15, 0.2) is 0 Å². The molecule has 0 aliphatic rings. The van der Waals surface area contributed by atoms with Crippen molar-refractivity contribution in [2.24, 2.45) is 5.73 Å². The normalized spacial score (nSPS) is 14.0. The van der Waals surface area contributed by atoms with E-state index in [0.29, 0.717) is 11.4 Å². The molecule has 0 saturated carbocycles. The van der Waals surface area contributed by atoms with Crippen molar-refractivity contribution in [2.75, 3.05) is 13.6 Å². The van der Waals surface area contributed by atoms with Crippen LogP contribution in [-0.2, 0) is 10.0 Å². The van der Waals surface area contributed by atoms with Crippen molar-refractivity contribution in [1.82, 2.24) is 4.31 Å². The smallest absolute Gasteiger partial charge is 0.243 e. The zero-order valence-electron chi connectivity index (χ0n) is 10.1. The molecule has 96 valence electrons. The van der Waals surface area contributed by atoms with Crippen LogP contribution in [0.1, 0.15) is 12.5 Å². The van der Waals surface area contributed by atoms with E-state index in [4.69, 9.17) is 5.73 Å². The number of likely N-dealkylation sites (N-methyl/N-ethyl adjacent to an activating group) is 1. The lowest BCUT2D eigenvalue weighted by Crippen LogP contribution is -2.39. The van der Waals surface area contributed by atoms with E-state index in [1.54, 1.807) is 39.1 Å². The Kier molecular flexibility index (Phi) is 4.71. The largest absolute Gasteiger partial charge is 0.329 e. The van der Waals surface area contributed by atoms with Crippen molar-refractivity contribution in [2.45, 2.75) is 24.8 Å². The molecule has 1 rings (SSSR count). The van der Waals surface area contributed by atoms with Gasteiger partial charge in [-0.05, 0) is 37.6 Å². The lowest BCUT2D eigenvalue weighted by atomic mass is 10.2. The minimum atomic E-state index is -3.47. The molecule has 0 fully saturated rings. The fourth-order valence-electron chi connectivity index (χ4n) is 1.44. The van der Waals surface area contributed by atoms with Crippen molar-refractivity contribution < 1.29 is 8.42 Å². The van der Waals surface area contributed by atoms with Crippen LogP contribution < -0.4 is 5.73 Å². The summed E-state index contributed by atoms with van der Waals surface area (Å²) in [5, 5.41) is 0. The molecule has 4 nitrogen and oxygen atoms in total. The third kappa shape index (κ3) is 3.07. The van der Waals surface area contributed by atoms with Crippen LogP contribution in [0.2, 0.25) is 0 Å². The monoisotopic (exact) mass is 320 g/mol. The minimum Gasteiger partial charge on any atom is -0.329 e. The molecule has 0 aliphatic heterocycles. The van der Waals surface area contributed by atoms with Gasteiger partial charge in [-0.25, -0.2) is 8.42 Å². The van der Waals surface area contributed by atoms with Crippen molar-refractivity contribution >= 4 is 26.0 Å². The Bertz CT molecular complexity index is 502. The van der Waals surface area contributed by atoms with E-state index in [1.807, 2.05) is 0 Å². The van der Waals surface area contributed by atoms with E-state index in [2.05, 4.69) is 15.9 Å². The van der Waals surface area contributed by atoms with E-state index >= 15 is 0 Å². The van der Waals surface area contributed by atoms with Gasteiger partial charge in [0.2, 0.25) is 10.0 Å². The zero-order valence-corrected chi connectivity index (χ0v) is 12.5. The van der Waals surface area contributed by atoms with Crippen LogP contribution in [0.5, 0.6) is 0 Å². The third-order valence-electron chi connectivity index (χ3n) is 2.76. The predicted octanol–water partition coefficient (Wildman–Crippen LogP) is 1.73. The molecule has 0 amide bonds. The van der Waals surface area contributed by atoms with Gasteiger partial charge in [-0.1, -0.05) is 15.9 Å². The summed E-state index contributed by atoms with van der Waals surface area (Å²) in [6.45, 7) is 3.86. The molecular weight excluding hydrogens is 304 g/mol. The Morgan fingerprint density at radius 3 is 2.53 bits per heavy atom. The molecule has 6 heteroatoms. The lowest BCUT2D eigenvalue weighted by Gasteiger charge is -2.23. The predicted molar refractivity (Wildman–Crippen MR) is 72.3 cm³/mol. The number of nitrogens with zero attached hydrogens (tertiary/aromatic N) is 1. The molecule has 0 aromatic heterocycles. The second-order valence-electron chi connectivity index (χ2n) is 4.02. The van der Waals surface area contributed by atoms with Gasteiger partial charge in [-0.15, -0.1) is 0 Å². The average molecular weight is 321 g/mol. The number of hydrogen-bond acceptors (Lipinski definition) is 3. The maximum absolute atomic E-state index is 12.3. The maximum atomic E-state index is 12.3. The summed E-state index contributed by atoms with van der Waals surface area (Å²) < 4.78 is 26.8. The lowest BCUT2D eigenvalue weighted by molar-refractivity contribution is 0.394. The van der Waals surface area contributed by atoms with Gasteiger partial charge in [0.25, 0.3) is 0 Å². The summed E-state index contributed by atoms with van der Waals surface area (Å²) in [5.74, 6) is 0. The van der Waals surface area contributed by atoms with Crippen molar-refractivity contribution in [3.8, 4) is 0 Å². The molecule has 0 radical (unpaired) electrons. The van der Waals surface area contributed by atoms with Crippen LogP contribution in [0.25, 0.3) is 0 Å². The number of hydrogen-bond donors (Lipinski definition) is 1. The highest BCUT2D eigenvalue weighted by atomic mass is 79.9. The molecule has 1 atom stereocenters. The summed E-state index contributed by atoms with van der Waals surface area (Å²) in [4.78, 5) is 0.323. The van der Waals surface area contributed by atoms with E-state index in [-0.39, 0.29) is 6.04 Å². The zero-order chi connectivity index (χ0) is 13.2. The van der Waals surface area contributed by atoms with Gasteiger partial charge in [0.1, 0.15) is 0 Å². The highest BCUT2D eigenvalue weighted by Gasteiger charge is 2.25. The summed E-state index contributed by atoms with van der Waals surface area (Å²) in [5.41, 5.74) is 6.21. The summed E-state index contributed by atoms with van der Waals surface area (Å²) in [6.07, 6.45) is 0. The fraction of sp³-hybridized carbons (Fsp3) is 0.455. The number of benzene rings is 1. The Labute approximate surface area is 111 Å². The quantitative estimate of drug-likeness (QED) is 0.918. The molecular formula is C11H17BrN2O2S. The molecule has 0 saturated heterocycles. The van der Waals surface area contributed by atoms with Gasteiger partial charge in [-0.3, -0.25) is 0 Å². The van der Waals surface area contributed by atoms with Crippen LogP contribution in [-0.4, -0.2) is 32.4 Å². The van der Waals surface area contributed by atoms with Gasteiger partial charge in [0, 0.05) is 24.1 Å². The first-order valence-corrected chi connectivity index (χ1v) is 7.48. The summed E-state index contributed by atoms with van der Waals surface area (Å²) >= 11 is 3.31. The van der Waals surface area contributed by atoms with E-state index in [9.17, 15) is 8.42 Å². The molecule has 1 unspecified atom stereocenters. The molecule has 0 spiro atoms. The molecule has 17 heavy (non-hydrogen) atoms. The number of sulfonamides is 1. The standard InChI is InChI=1S/C11H17BrN2O2S/c1-8-6-10(12)4-5-11(8)17(15,16)14(3)9(2)7-13/h4-6,9H,7,13H2,1-3H3. The van der Waals surface area contributed by atoms with Crippen LogP contribution in [0.4, 0.5) is 0 Å². The first kappa shape index (κ1) is 14.6. The van der Waals surface area contributed by atoms with E-state index < -0.39 is 10.0 Å². The Morgan fingerprint density at radius 1 is 1.47 bits per heavy atom. The van der Waals surface area contributed by atoms with Crippen molar-refractivity contribution in [3.05, 3.63) is 28.2 Å². The van der Waals surface area contributed by atoms with E-state index in [1.165, 1.54) is 4.31 Å². The molecule has 0 heterocycles. The first-order chi connectivity index (χ1) is 7.80. The fourth-order valence-corrected chi connectivity index (χ4v) is 3.49. The van der Waals surface area contributed by atoms with Crippen LogP contribution >= 0.6 is 15.9 Å². The highest BCUT2D eigenvalue weighted by molar-refractivity contribution is 9.10. The Hall–Kier alpha value is -0.430. The topological polar surface area (TPSA) is 63.4 Å². The molecule has 1 aromatic carbocycles. The molecule has 0 bridgehead atoms. The Balaban J connectivity index is 3.22. The van der Waals surface area contributed by atoms with Gasteiger partial charge in [-0.2, -0.15) is 4.31 Å². The second-order valence-corrected chi connectivity index (χ2v) is 6.90. The van der Waals surface area contributed by atoms with E-state index in [0.717, 1.165) is 10.0 Å². The number of halogens is 1. The van der Waals surface area contributed by atoms with Gasteiger partial charge in [0.05, 0.1) is 4.90 Å². The van der Waals surface area contributed by atoms with Crippen LogP contribution in [0.15, 0.2) is 27.6 Å². The van der Waals surface area contributed by atoms with Crippen LogP contribution in [0, 0.1) is 6.92 Å². The summed E-state index contributed by atoms with van der Waals surface area (Å²) in [6, 6.07) is 4.89. The number of aryl methyl sites for hydroxylation is 1. The molecule has 0 aliphatic carbocycles. The third-order valence-corrected chi connectivity index (χ3v) is 5.38. The van der Waals surface area contributed by atoms with Crippen LogP contribution in [0.3, 0.4) is 0 Å². The number of rotatable bonds is 4. The minimum absolute atomic E-state index is 0.219.